The summed E-state index contributed by atoms with van der Waals surface area (Å²) in [6, 6.07) is 12.9. The van der Waals surface area contributed by atoms with Crippen molar-refractivity contribution in [3.05, 3.63) is 58.5 Å². The minimum absolute atomic E-state index is 0.107. The molecule has 0 atom stereocenters. The summed E-state index contributed by atoms with van der Waals surface area (Å²) in [5.74, 6) is 1.76. The number of nitrogens with one attached hydrogen (secondary N) is 2. The predicted molar refractivity (Wildman–Crippen MR) is 105 cm³/mol. The van der Waals surface area contributed by atoms with Crippen LogP contribution in [0.5, 0.6) is 5.88 Å². The molecule has 3 aromatic rings. The highest BCUT2D eigenvalue weighted by atomic mass is 32.1. The third-order valence-corrected chi connectivity index (χ3v) is 4.30. The van der Waals surface area contributed by atoms with Crippen molar-refractivity contribution in [1.82, 2.24) is 9.97 Å². The first-order valence-corrected chi connectivity index (χ1v) is 9.22. The van der Waals surface area contributed by atoms with Crippen LogP contribution in [0, 0.1) is 6.92 Å². The van der Waals surface area contributed by atoms with Crippen LogP contribution in [0.4, 0.5) is 17.2 Å². The lowest BCUT2D eigenvalue weighted by Gasteiger charge is -2.10. The summed E-state index contributed by atoms with van der Waals surface area (Å²) in [6.45, 7) is 4.49. The van der Waals surface area contributed by atoms with Gasteiger partial charge in [-0.15, -0.1) is 11.3 Å². The molecule has 0 radical (unpaired) electrons. The molecule has 3 rings (SSSR count). The van der Waals surface area contributed by atoms with Crippen molar-refractivity contribution in [2.24, 2.45) is 0 Å². The third-order valence-electron chi connectivity index (χ3n) is 3.43. The second kappa shape index (κ2) is 8.44. The van der Waals surface area contributed by atoms with Crippen LogP contribution in [-0.4, -0.2) is 22.5 Å². The van der Waals surface area contributed by atoms with E-state index < -0.39 is 0 Å². The van der Waals surface area contributed by atoms with Gasteiger partial charge >= 0.3 is 0 Å². The molecule has 0 bridgehead atoms. The molecule has 0 spiro atoms. The highest BCUT2D eigenvalue weighted by molar-refractivity contribution is 7.12. The highest BCUT2D eigenvalue weighted by Gasteiger charge is 2.07. The first kappa shape index (κ1) is 17.9. The summed E-state index contributed by atoms with van der Waals surface area (Å²) in [4.78, 5) is 21.4. The molecule has 0 aliphatic carbocycles. The van der Waals surface area contributed by atoms with Crippen molar-refractivity contribution >= 4 is 34.4 Å². The van der Waals surface area contributed by atoms with Gasteiger partial charge in [-0.1, -0.05) is 13.0 Å². The highest BCUT2D eigenvalue weighted by Crippen LogP contribution is 2.21. The van der Waals surface area contributed by atoms with E-state index >= 15 is 0 Å². The van der Waals surface area contributed by atoms with Gasteiger partial charge in [-0.3, -0.25) is 4.79 Å². The largest absolute Gasteiger partial charge is 0.478 e. The maximum Gasteiger partial charge on any atom is 0.265 e. The number of rotatable bonds is 7. The molecule has 7 heteroatoms. The van der Waals surface area contributed by atoms with Crippen LogP contribution in [0.15, 0.2) is 47.8 Å². The van der Waals surface area contributed by atoms with E-state index in [-0.39, 0.29) is 5.91 Å². The smallest absolute Gasteiger partial charge is 0.265 e. The van der Waals surface area contributed by atoms with E-state index in [1.54, 1.807) is 12.1 Å². The van der Waals surface area contributed by atoms with Crippen LogP contribution in [0.1, 0.15) is 28.8 Å². The first-order chi connectivity index (χ1) is 12.6. The minimum Gasteiger partial charge on any atom is -0.478 e. The van der Waals surface area contributed by atoms with E-state index in [0.717, 1.165) is 17.8 Å². The Labute approximate surface area is 156 Å². The van der Waals surface area contributed by atoms with Gasteiger partial charge in [0, 0.05) is 17.4 Å². The van der Waals surface area contributed by atoms with Gasteiger partial charge in [0.25, 0.3) is 5.91 Å². The molecule has 2 N–H and O–H groups in total. The predicted octanol–water partition coefficient (Wildman–Crippen LogP) is 4.63. The lowest BCUT2D eigenvalue weighted by molar-refractivity contribution is 0.103. The van der Waals surface area contributed by atoms with Gasteiger partial charge in [0.05, 0.1) is 11.5 Å². The van der Waals surface area contributed by atoms with Crippen molar-refractivity contribution in [2.75, 3.05) is 17.2 Å². The number of thiophene rings is 1. The molecule has 1 amide bonds. The second-order valence-corrected chi connectivity index (χ2v) is 6.57. The Hall–Kier alpha value is -2.93. The Morgan fingerprint density at radius 3 is 2.62 bits per heavy atom. The second-order valence-electron chi connectivity index (χ2n) is 5.62. The standard InChI is InChI=1S/C19H20N4O2S/c1-3-10-25-18-12-17(20-13(2)21-18)22-14-6-8-15(9-7-14)23-19(24)16-5-4-11-26-16/h4-9,11-12H,3,10H2,1-2H3,(H,23,24)(H,20,21,22). The van der Waals surface area contributed by atoms with Crippen LogP contribution in [0.2, 0.25) is 0 Å². The zero-order chi connectivity index (χ0) is 18.4. The molecule has 0 saturated heterocycles. The molecular formula is C19H20N4O2S. The number of anilines is 3. The maximum absolute atomic E-state index is 12.1. The number of aryl methyl sites for hydroxylation is 1. The third kappa shape index (κ3) is 4.80. The number of carbonyl (C=O) groups is 1. The summed E-state index contributed by atoms with van der Waals surface area (Å²) >= 11 is 1.41. The Bertz CT molecular complexity index is 864. The average Bonchev–Trinajstić information content (AvgIpc) is 3.16. The molecule has 0 aliphatic rings. The Morgan fingerprint density at radius 1 is 1.15 bits per heavy atom. The zero-order valence-corrected chi connectivity index (χ0v) is 15.5. The van der Waals surface area contributed by atoms with E-state index in [2.05, 4.69) is 20.6 Å². The fraction of sp³-hybridized carbons (Fsp3) is 0.211. The molecule has 0 unspecified atom stereocenters. The van der Waals surface area contributed by atoms with E-state index in [1.807, 2.05) is 49.6 Å². The molecule has 2 aromatic heterocycles. The van der Waals surface area contributed by atoms with Crippen LogP contribution in [0.25, 0.3) is 0 Å². The summed E-state index contributed by atoms with van der Waals surface area (Å²) < 4.78 is 5.57. The lowest BCUT2D eigenvalue weighted by Crippen LogP contribution is -2.09. The van der Waals surface area contributed by atoms with Gasteiger partial charge in [-0.2, -0.15) is 4.98 Å². The van der Waals surface area contributed by atoms with Crippen LogP contribution in [0.3, 0.4) is 0 Å². The fourth-order valence-electron chi connectivity index (χ4n) is 2.27. The molecule has 6 nitrogen and oxygen atoms in total. The Morgan fingerprint density at radius 2 is 1.92 bits per heavy atom. The molecular weight excluding hydrogens is 348 g/mol. The quantitative estimate of drug-likeness (QED) is 0.636. The van der Waals surface area contributed by atoms with Gasteiger partial charge in [0.2, 0.25) is 5.88 Å². The fourth-order valence-corrected chi connectivity index (χ4v) is 2.89. The van der Waals surface area contributed by atoms with E-state index in [1.165, 1.54) is 11.3 Å². The van der Waals surface area contributed by atoms with Gasteiger partial charge < -0.3 is 15.4 Å². The van der Waals surface area contributed by atoms with Crippen molar-refractivity contribution in [3.63, 3.8) is 0 Å². The van der Waals surface area contributed by atoms with Gasteiger partial charge in [0.1, 0.15) is 11.6 Å². The molecule has 1 aromatic carbocycles. The Balaban J connectivity index is 1.65. The summed E-state index contributed by atoms with van der Waals surface area (Å²) in [5.41, 5.74) is 1.60. The van der Waals surface area contributed by atoms with Gasteiger partial charge in [-0.05, 0) is 49.1 Å². The molecule has 0 saturated carbocycles. The number of carbonyl (C=O) groups excluding carboxylic acids is 1. The van der Waals surface area contributed by atoms with Gasteiger partial charge in [0.15, 0.2) is 0 Å². The van der Waals surface area contributed by atoms with Crippen LogP contribution >= 0.6 is 11.3 Å². The van der Waals surface area contributed by atoms with Crippen molar-refractivity contribution < 1.29 is 9.53 Å². The van der Waals surface area contributed by atoms with Crippen molar-refractivity contribution in [1.29, 1.82) is 0 Å². The number of hydrogen-bond donors (Lipinski definition) is 2. The summed E-state index contributed by atoms with van der Waals surface area (Å²) in [5, 5.41) is 7.98. The molecule has 134 valence electrons. The normalized spacial score (nSPS) is 10.4. The van der Waals surface area contributed by atoms with Crippen LogP contribution < -0.4 is 15.4 Å². The lowest BCUT2D eigenvalue weighted by atomic mass is 10.2. The number of nitrogens with zero attached hydrogens (tertiary/aromatic N) is 2. The van der Waals surface area contributed by atoms with Gasteiger partial charge in [-0.25, -0.2) is 4.98 Å². The molecule has 0 fully saturated rings. The average molecular weight is 368 g/mol. The van der Waals surface area contributed by atoms with Crippen LogP contribution in [-0.2, 0) is 0 Å². The van der Waals surface area contributed by atoms with E-state index in [0.29, 0.717) is 29.0 Å². The number of ether oxygens (including phenoxy) is 1. The number of benzene rings is 1. The molecule has 26 heavy (non-hydrogen) atoms. The zero-order valence-electron chi connectivity index (χ0n) is 14.7. The summed E-state index contributed by atoms with van der Waals surface area (Å²) in [7, 11) is 0. The number of amides is 1. The molecule has 0 aliphatic heterocycles. The molecule has 2 heterocycles. The van der Waals surface area contributed by atoms with Crippen molar-refractivity contribution in [2.45, 2.75) is 20.3 Å². The SMILES string of the molecule is CCCOc1cc(Nc2ccc(NC(=O)c3cccs3)cc2)nc(C)n1. The number of hydrogen-bond acceptors (Lipinski definition) is 6. The number of aromatic nitrogens is 2. The maximum atomic E-state index is 12.1. The Kier molecular flexibility index (Phi) is 5.80. The minimum atomic E-state index is -0.107. The van der Waals surface area contributed by atoms with E-state index in [4.69, 9.17) is 4.74 Å². The summed E-state index contributed by atoms with van der Waals surface area (Å²) in [6.07, 6.45) is 0.921. The van der Waals surface area contributed by atoms with E-state index in [9.17, 15) is 4.79 Å². The first-order valence-electron chi connectivity index (χ1n) is 8.34. The van der Waals surface area contributed by atoms with Crippen molar-refractivity contribution in [3.8, 4) is 5.88 Å². The topological polar surface area (TPSA) is 76.1 Å². The monoisotopic (exact) mass is 368 g/mol.